The molecule has 0 saturated heterocycles. The summed E-state index contributed by atoms with van der Waals surface area (Å²) in [5, 5.41) is 4.85. The SMILES string of the molecule is NCc1cccc2[nH]cc(CNC3CC3)c12. The van der Waals surface area contributed by atoms with Crippen LogP contribution in [0, 0.1) is 0 Å². The molecule has 0 bridgehead atoms. The summed E-state index contributed by atoms with van der Waals surface area (Å²) in [6.07, 6.45) is 4.75. The Balaban J connectivity index is 1.95. The fraction of sp³-hybridized carbons (Fsp3) is 0.385. The van der Waals surface area contributed by atoms with E-state index in [4.69, 9.17) is 5.73 Å². The maximum Gasteiger partial charge on any atom is 0.0460 e. The highest BCUT2D eigenvalue weighted by molar-refractivity contribution is 5.86. The van der Waals surface area contributed by atoms with Crippen molar-refractivity contribution in [3.05, 3.63) is 35.5 Å². The molecule has 2 aromatic rings. The third-order valence-corrected chi connectivity index (χ3v) is 3.25. The van der Waals surface area contributed by atoms with Crippen LogP contribution in [0.4, 0.5) is 0 Å². The number of nitrogens with one attached hydrogen (secondary N) is 2. The molecule has 1 aromatic heterocycles. The Bertz CT molecular complexity index is 497. The van der Waals surface area contributed by atoms with Crippen LogP contribution in [-0.4, -0.2) is 11.0 Å². The highest BCUT2D eigenvalue weighted by atomic mass is 14.9. The molecule has 1 aromatic carbocycles. The fourth-order valence-corrected chi connectivity index (χ4v) is 2.19. The van der Waals surface area contributed by atoms with Crippen molar-refractivity contribution in [3.63, 3.8) is 0 Å². The largest absolute Gasteiger partial charge is 0.361 e. The molecular weight excluding hydrogens is 198 g/mol. The topological polar surface area (TPSA) is 53.8 Å². The van der Waals surface area contributed by atoms with Gasteiger partial charge in [-0.2, -0.15) is 0 Å². The first-order valence-electron chi connectivity index (χ1n) is 5.90. The van der Waals surface area contributed by atoms with Crippen LogP contribution in [-0.2, 0) is 13.1 Å². The van der Waals surface area contributed by atoms with Crippen LogP contribution in [0.1, 0.15) is 24.0 Å². The van der Waals surface area contributed by atoms with Crippen LogP contribution in [0.2, 0.25) is 0 Å². The van der Waals surface area contributed by atoms with E-state index in [-0.39, 0.29) is 0 Å². The van der Waals surface area contributed by atoms with Crippen molar-refractivity contribution in [1.82, 2.24) is 10.3 Å². The molecule has 1 aliphatic rings. The quantitative estimate of drug-likeness (QED) is 0.729. The molecule has 0 amide bonds. The van der Waals surface area contributed by atoms with E-state index in [0.29, 0.717) is 6.54 Å². The normalized spacial score (nSPS) is 15.8. The van der Waals surface area contributed by atoms with Gasteiger partial charge in [-0.05, 0) is 30.0 Å². The summed E-state index contributed by atoms with van der Waals surface area (Å²) in [5.74, 6) is 0. The van der Waals surface area contributed by atoms with Crippen LogP contribution >= 0.6 is 0 Å². The molecule has 3 rings (SSSR count). The third kappa shape index (κ3) is 1.72. The Morgan fingerprint density at radius 3 is 2.94 bits per heavy atom. The summed E-state index contributed by atoms with van der Waals surface area (Å²) in [6.45, 7) is 1.55. The molecule has 1 saturated carbocycles. The average molecular weight is 215 g/mol. The van der Waals surface area contributed by atoms with Gasteiger partial charge >= 0.3 is 0 Å². The van der Waals surface area contributed by atoms with Gasteiger partial charge in [-0.3, -0.25) is 0 Å². The lowest BCUT2D eigenvalue weighted by molar-refractivity contribution is 0.690. The molecule has 84 valence electrons. The predicted molar refractivity (Wildman–Crippen MR) is 66.1 cm³/mol. The van der Waals surface area contributed by atoms with Crippen molar-refractivity contribution in [2.45, 2.75) is 32.0 Å². The van der Waals surface area contributed by atoms with Crippen molar-refractivity contribution in [2.24, 2.45) is 5.73 Å². The van der Waals surface area contributed by atoms with E-state index in [1.807, 2.05) is 0 Å². The first-order chi connectivity index (χ1) is 7.88. The van der Waals surface area contributed by atoms with Gasteiger partial charge in [0.25, 0.3) is 0 Å². The zero-order valence-corrected chi connectivity index (χ0v) is 9.29. The molecule has 0 atom stereocenters. The first kappa shape index (κ1) is 9.87. The maximum atomic E-state index is 5.78. The monoisotopic (exact) mass is 215 g/mol. The van der Waals surface area contributed by atoms with E-state index < -0.39 is 0 Å². The van der Waals surface area contributed by atoms with Crippen molar-refractivity contribution in [3.8, 4) is 0 Å². The van der Waals surface area contributed by atoms with E-state index in [1.54, 1.807) is 0 Å². The highest BCUT2D eigenvalue weighted by Crippen LogP contribution is 2.24. The van der Waals surface area contributed by atoms with Crippen LogP contribution in [0.5, 0.6) is 0 Å². The average Bonchev–Trinajstić information content (AvgIpc) is 3.06. The molecule has 0 aliphatic heterocycles. The van der Waals surface area contributed by atoms with Crippen LogP contribution in [0.15, 0.2) is 24.4 Å². The van der Waals surface area contributed by atoms with E-state index >= 15 is 0 Å². The zero-order valence-electron chi connectivity index (χ0n) is 9.29. The van der Waals surface area contributed by atoms with Gasteiger partial charge in [-0.15, -0.1) is 0 Å². The number of benzene rings is 1. The van der Waals surface area contributed by atoms with Gasteiger partial charge in [0.2, 0.25) is 0 Å². The summed E-state index contributed by atoms with van der Waals surface area (Å²) in [4.78, 5) is 3.31. The molecule has 0 unspecified atom stereocenters. The molecule has 4 N–H and O–H groups in total. The second kappa shape index (κ2) is 3.92. The third-order valence-electron chi connectivity index (χ3n) is 3.25. The van der Waals surface area contributed by atoms with Crippen molar-refractivity contribution < 1.29 is 0 Å². The summed E-state index contributed by atoms with van der Waals surface area (Å²) in [6, 6.07) is 7.01. The molecule has 1 heterocycles. The maximum absolute atomic E-state index is 5.78. The lowest BCUT2D eigenvalue weighted by Gasteiger charge is -2.04. The van der Waals surface area contributed by atoms with Crippen molar-refractivity contribution in [1.29, 1.82) is 0 Å². The number of rotatable bonds is 4. The van der Waals surface area contributed by atoms with E-state index in [9.17, 15) is 0 Å². The number of aromatic nitrogens is 1. The Hall–Kier alpha value is -1.32. The predicted octanol–water partition coefficient (Wildman–Crippen LogP) is 1.88. The Kier molecular flexibility index (Phi) is 2.42. The highest BCUT2D eigenvalue weighted by Gasteiger charge is 2.20. The summed E-state index contributed by atoms with van der Waals surface area (Å²) < 4.78 is 0. The molecule has 0 radical (unpaired) electrons. The second-order valence-corrected chi connectivity index (χ2v) is 4.51. The summed E-state index contributed by atoms with van der Waals surface area (Å²) in [5.41, 5.74) is 9.53. The van der Waals surface area contributed by atoms with Gasteiger partial charge in [0.15, 0.2) is 0 Å². The number of nitrogens with two attached hydrogens (primary N) is 1. The van der Waals surface area contributed by atoms with Gasteiger partial charge in [0, 0.05) is 36.2 Å². The Morgan fingerprint density at radius 2 is 2.19 bits per heavy atom. The standard InChI is InChI=1S/C13H17N3/c14-6-9-2-1-3-12-13(9)10(8-16-12)7-15-11-4-5-11/h1-3,8,11,15-16H,4-7,14H2. The van der Waals surface area contributed by atoms with Crippen molar-refractivity contribution in [2.75, 3.05) is 0 Å². The molecule has 1 fully saturated rings. The van der Waals surface area contributed by atoms with Crippen LogP contribution < -0.4 is 11.1 Å². The van der Waals surface area contributed by atoms with Gasteiger partial charge in [-0.1, -0.05) is 12.1 Å². The van der Waals surface area contributed by atoms with Gasteiger partial charge < -0.3 is 16.0 Å². The lowest BCUT2D eigenvalue weighted by Crippen LogP contribution is -2.15. The van der Waals surface area contributed by atoms with E-state index in [1.165, 1.54) is 34.9 Å². The first-order valence-corrected chi connectivity index (χ1v) is 5.90. The number of aromatic amines is 1. The fourth-order valence-electron chi connectivity index (χ4n) is 2.19. The van der Waals surface area contributed by atoms with Gasteiger partial charge in [-0.25, -0.2) is 0 Å². The number of hydrogen-bond donors (Lipinski definition) is 3. The minimum Gasteiger partial charge on any atom is -0.361 e. The number of H-pyrrole nitrogens is 1. The second-order valence-electron chi connectivity index (χ2n) is 4.51. The molecule has 3 heteroatoms. The van der Waals surface area contributed by atoms with E-state index in [2.05, 4.69) is 34.7 Å². The Morgan fingerprint density at radius 1 is 1.31 bits per heavy atom. The number of hydrogen-bond acceptors (Lipinski definition) is 2. The molecule has 1 aliphatic carbocycles. The van der Waals surface area contributed by atoms with Crippen molar-refractivity contribution >= 4 is 10.9 Å². The number of fused-ring (bicyclic) bond motifs is 1. The van der Waals surface area contributed by atoms with E-state index in [0.717, 1.165) is 12.6 Å². The van der Waals surface area contributed by atoms with Gasteiger partial charge in [0.05, 0.1) is 0 Å². The van der Waals surface area contributed by atoms with Crippen LogP contribution in [0.25, 0.3) is 10.9 Å². The smallest absolute Gasteiger partial charge is 0.0460 e. The summed E-state index contributed by atoms with van der Waals surface area (Å²) in [7, 11) is 0. The van der Waals surface area contributed by atoms with Crippen LogP contribution in [0.3, 0.4) is 0 Å². The molecule has 3 nitrogen and oxygen atoms in total. The lowest BCUT2D eigenvalue weighted by atomic mass is 10.1. The molecule has 0 spiro atoms. The van der Waals surface area contributed by atoms with Gasteiger partial charge in [0.1, 0.15) is 0 Å². The molecular formula is C13H17N3. The zero-order chi connectivity index (χ0) is 11.0. The Labute approximate surface area is 95.0 Å². The minimum atomic E-state index is 0.603. The molecule has 16 heavy (non-hydrogen) atoms. The minimum absolute atomic E-state index is 0.603. The summed E-state index contributed by atoms with van der Waals surface area (Å²) >= 11 is 0.